The van der Waals surface area contributed by atoms with Crippen molar-refractivity contribution < 1.29 is 4.79 Å². The van der Waals surface area contributed by atoms with Crippen molar-refractivity contribution in [2.24, 2.45) is 11.3 Å². The summed E-state index contributed by atoms with van der Waals surface area (Å²) in [5.74, 6) is 2.20. The van der Waals surface area contributed by atoms with Crippen LogP contribution in [0.4, 0.5) is 0 Å². The van der Waals surface area contributed by atoms with Crippen molar-refractivity contribution in [1.82, 2.24) is 19.7 Å². The zero-order valence-corrected chi connectivity index (χ0v) is 12.8. The highest BCUT2D eigenvalue weighted by atomic mass is 16.2. The van der Waals surface area contributed by atoms with Crippen LogP contribution in [0.15, 0.2) is 6.33 Å². The van der Waals surface area contributed by atoms with Gasteiger partial charge in [0.25, 0.3) is 0 Å². The number of carbonyl (C=O) groups is 1. The van der Waals surface area contributed by atoms with E-state index in [9.17, 15) is 4.79 Å². The van der Waals surface area contributed by atoms with Gasteiger partial charge < -0.3 is 9.47 Å². The molecule has 2 heterocycles. The summed E-state index contributed by atoms with van der Waals surface area (Å²) >= 11 is 0. The first-order valence-electron chi connectivity index (χ1n) is 8.40. The van der Waals surface area contributed by atoms with Crippen LogP contribution in [0, 0.1) is 11.3 Å². The fourth-order valence-corrected chi connectivity index (χ4v) is 4.32. The number of hydrogen-bond donors (Lipinski definition) is 0. The van der Waals surface area contributed by atoms with Crippen molar-refractivity contribution in [2.75, 3.05) is 13.1 Å². The average Bonchev–Trinajstić information content (AvgIpc) is 2.99. The van der Waals surface area contributed by atoms with E-state index in [0.717, 1.165) is 38.3 Å². The number of likely N-dealkylation sites (tertiary alicyclic amines) is 1. The van der Waals surface area contributed by atoms with E-state index >= 15 is 0 Å². The molecule has 1 unspecified atom stereocenters. The van der Waals surface area contributed by atoms with E-state index in [-0.39, 0.29) is 0 Å². The van der Waals surface area contributed by atoms with Crippen LogP contribution in [-0.4, -0.2) is 38.7 Å². The lowest BCUT2D eigenvalue weighted by atomic mass is 9.62. The monoisotopic (exact) mass is 288 g/mol. The van der Waals surface area contributed by atoms with Crippen molar-refractivity contribution >= 4 is 5.91 Å². The van der Waals surface area contributed by atoms with Gasteiger partial charge in [-0.05, 0) is 38.0 Å². The Balaban J connectivity index is 1.59. The van der Waals surface area contributed by atoms with Crippen LogP contribution in [0.1, 0.15) is 57.2 Å². The normalized spacial score (nSPS) is 27.7. The molecule has 1 aliphatic heterocycles. The first kappa shape index (κ1) is 13.3. The minimum Gasteiger partial charge on any atom is -0.341 e. The molecule has 1 spiro atoms. The van der Waals surface area contributed by atoms with Gasteiger partial charge in [-0.2, -0.15) is 0 Å². The van der Waals surface area contributed by atoms with E-state index in [1.807, 2.05) is 6.33 Å². The van der Waals surface area contributed by atoms with Gasteiger partial charge in [0.15, 0.2) is 0 Å². The van der Waals surface area contributed by atoms with Gasteiger partial charge in [0.2, 0.25) is 5.91 Å². The SMILES string of the molecule is CCn1cnnc1C1CN(C(=O)C2CCC2)CC12CCC2. The Morgan fingerprint density at radius 3 is 2.76 bits per heavy atom. The molecule has 0 radical (unpaired) electrons. The van der Waals surface area contributed by atoms with Crippen LogP contribution in [-0.2, 0) is 11.3 Å². The summed E-state index contributed by atoms with van der Waals surface area (Å²) in [6.45, 7) is 4.84. The van der Waals surface area contributed by atoms with Gasteiger partial charge in [0, 0.05) is 31.5 Å². The molecule has 0 N–H and O–H groups in total. The maximum Gasteiger partial charge on any atom is 0.225 e. The molecular weight excluding hydrogens is 264 g/mol. The molecule has 4 rings (SSSR count). The van der Waals surface area contributed by atoms with Gasteiger partial charge in [-0.1, -0.05) is 12.8 Å². The highest BCUT2D eigenvalue weighted by molar-refractivity contribution is 5.80. The minimum absolute atomic E-state index is 0.291. The molecule has 21 heavy (non-hydrogen) atoms. The van der Waals surface area contributed by atoms with E-state index in [4.69, 9.17) is 0 Å². The standard InChI is InChI=1S/C16H24N4O/c1-2-19-11-17-18-14(19)13-9-20(10-16(13)7-4-8-16)15(21)12-5-3-6-12/h11-13H,2-10H2,1H3. The lowest BCUT2D eigenvalue weighted by molar-refractivity contribution is -0.137. The molecule has 5 nitrogen and oxygen atoms in total. The summed E-state index contributed by atoms with van der Waals surface area (Å²) < 4.78 is 2.15. The number of aryl methyl sites for hydroxylation is 1. The molecule has 1 atom stereocenters. The zero-order chi connectivity index (χ0) is 14.4. The molecule has 2 aliphatic carbocycles. The van der Waals surface area contributed by atoms with Crippen molar-refractivity contribution in [2.45, 2.75) is 57.9 Å². The van der Waals surface area contributed by atoms with Crippen LogP contribution >= 0.6 is 0 Å². The number of aromatic nitrogens is 3. The molecule has 1 aromatic rings. The highest BCUT2D eigenvalue weighted by Gasteiger charge is 2.54. The first-order valence-corrected chi connectivity index (χ1v) is 8.40. The van der Waals surface area contributed by atoms with Gasteiger partial charge in [0.1, 0.15) is 12.2 Å². The summed E-state index contributed by atoms with van der Waals surface area (Å²) in [6, 6.07) is 0. The molecule has 114 valence electrons. The molecule has 2 saturated carbocycles. The summed E-state index contributed by atoms with van der Waals surface area (Å²) in [7, 11) is 0. The Labute approximate surface area is 125 Å². The van der Waals surface area contributed by atoms with E-state index < -0.39 is 0 Å². The Morgan fingerprint density at radius 2 is 2.19 bits per heavy atom. The maximum absolute atomic E-state index is 12.6. The number of hydrogen-bond acceptors (Lipinski definition) is 3. The third-order valence-corrected chi connectivity index (χ3v) is 6.06. The maximum atomic E-state index is 12.6. The van der Waals surface area contributed by atoms with Gasteiger partial charge in [-0.25, -0.2) is 0 Å². The van der Waals surface area contributed by atoms with Gasteiger partial charge in [-0.3, -0.25) is 4.79 Å². The van der Waals surface area contributed by atoms with E-state index in [2.05, 4.69) is 26.6 Å². The van der Waals surface area contributed by atoms with E-state index in [1.54, 1.807) is 0 Å². The predicted octanol–water partition coefficient (Wildman–Crippen LogP) is 2.19. The molecule has 1 amide bonds. The quantitative estimate of drug-likeness (QED) is 0.856. The summed E-state index contributed by atoms with van der Waals surface area (Å²) in [4.78, 5) is 14.7. The van der Waals surface area contributed by atoms with Gasteiger partial charge in [0.05, 0.1) is 0 Å². The van der Waals surface area contributed by atoms with Crippen LogP contribution < -0.4 is 0 Å². The minimum atomic E-state index is 0.291. The molecule has 0 bridgehead atoms. The molecule has 3 fully saturated rings. The lowest BCUT2D eigenvalue weighted by Crippen LogP contribution is -2.41. The fraction of sp³-hybridized carbons (Fsp3) is 0.812. The molecule has 5 heteroatoms. The number of amides is 1. The molecular formula is C16H24N4O. The predicted molar refractivity (Wildman–Crippen MR) is 78.6 cm³/mol. The number of nitrogens with zero attached hydrogens (tertiary/aromatic N) is 4. The van der Waals surface area contributed by atoms with Crippen molar-refractivity contribution in [3.8, 4) is 0 Å². The van der Waals surface area contributed by atoms with Crippen molar-refractivity contribution in [3.63, 3.8) is 0 Å². The van der Waals surface area contributed by atoms with Crippen molar-refractivity contribution in [1.29, 1.82) is 0 Å². The van der Waals surface area contributed by atoms with Crippen LogP contribution in [0.25, 0.3) is 0 Å². The van der Waals surface area contributed by atoms with Crippen molar-refractivity contribution in [3.05, 3.63) is 12.2 Å². The fourth-order valence-electron chi connectivity index (χ4n) is 4.32. The van der Waals surface area contributed by atoms with Crippen LogP contribution in [0.3, 0.4) is 0 Å². The third kappa shape index (κ3) is 1.93. The second kappa shape index (κ2) is 4.82. The summed E-state index contributed by atoms with van der Waals surface area (Å²) in [5, 5.41) is 8.50. The van der Waals surface area contributed by atoms with Gasteiger partial charge in [-0.15, -0.1) is 10.2 Å². The Morgan fingerprint density at radius 1 is 1.38 bits per heavy atom. The largest absolute Gasteiger partial charge is 0.341 e. The summed E-state index contributed by atoms with van der Waals surface area (Å²) in [5.41, 5.74) is 0.291. The molecule has 0 aromatic carbocycles. The lowest BCUT2D eigenvalue weighted by Gasteiger charge is -2.42. The first-order chi connectivity index (χ1) is 10.2. The zero-order valence-electron chi connectivity index (χ0n) is 12.8. The average molecular weight is 288 g/mol. The van der Waals surface area contributed by atoms with Crippen LogP contribution in [0.2, 0.25) is 0 Å². The second-order valence-electron chi connectivity index (χ2n) is 7.09. The van der Waals surface area contributed by atoms with E-state index in [0.29, 0.717) is 23.2 Å². The Bertz CT molecular complexity index is 544. The number of carbonyl (C=O) groups excluding carboxylic acids is 1. The molecule has 1 aromatic heterocycles. The molecule has 1 saturated heterocycles. The Kier molecular flexibility index (Phi) is 3.05. The smallest absolute Gasteiger partial charge is 0.225 e. The molecule has 3 aliphatic rings. The highest BCUT2D eigenvalue weighted by Crippen LogP contribution is 2.55. The number of rotatable bonds is 3. The topological polar surface area (TPSA) is 51.0 Å². The summed E-state index contributed by atoms with van der Waals surface area (Å²) in [6.07, 6.45) is 9.02. The van der Waals surface area contributed by atoms with Gasteiger partial charge >= 0.3 is 0 Å². The van der Waals surface area contributed by atoms with E-state index in [1.165, 1.54) is 25.7 Å². The van der Waals surface area contributed by atoms with Crippen LogP contribution in [0.5, 0.6) is 0 Å². The third-order valence-electron chi connectivity index (χ3n) is 6.06. The second-order valence-corrected chi connectivity index (χ2v) is 7.09. The Hall–Kier alpha value is -1.39.